The molecule has 0 amide bonds. The molecule has 0 bridgehead atoms. The van der Waals surface area contributed by atoms with E-state index in [1.54, 1.807) is 0 Å². The van der Waals surface area contributed by atoms with E-state index >= 15 is 0 Å². The van der Waals surface area contributed by atoms with Crippen molar-refractivity contribution in [3.05, 3.63) is 47.2 Å². The highest BCUT2D eigenvalue weighted by Gasteiger charge is 2.18. The number of rotatable bonds is 2. The van der Waals surface area contributed by atoms with Gasteiger partial charge >= 0.3 is 0 Å². The highest BCUT2D eigenvalue weighted by Crippen LogP contribution is 2.23. The summed E-state index contributed by atoms with van der Waals surface area (Å²) >= 11 is 0. The largest absolute Gasteiger partial charge is 0.256 e. The number of aromatic nitrogens is 1. The first-order chi connectivity index (χ1) is 8.77. The first-order valence-corrected chi connectivity index (χ1v) is 10.3. The molecule has 0 aliphatic rings. The van der Waals surface area contributed by atoms with Crippen molar-refractivity contribution in [2.45, 2.75) is 40.4 Å². The zero-order valence-electron chi connectivity index (χ0n) is 12.8. The standard InChI is InChI=1S/C17H23NSi/c1-12-7-13(2)9-15(8-12)17-14(3)10-16(11-18-17)19(4,5)6/h7-11H,1-6H3. The summed E-state index contributed by atoms with van der Waals surface area (Å²) in [5.74, 6) is 0. The molecule has 1 aromatic carbocycles. The van der Waals surface area contributed by atoms with Crippen LogP contribution < -0.4 is 5.19 Å². The summed E-state index contributed by atoms with van der Waals surface area (Å²) in [6.45, 7) is 13.5. The highest BCUT2D eigenvalue weighted by molar-refractivity contribution is 6.88. The molecule has 1 nitrogen and oxygen atoms in total. The van der Waals surface area contributed by atoms with Crippen molar-refractivity contribution in [3.63, 3.8) is 0 Å². The molecule has 0 unspecified atom stereocenters. The fourth-order valence-corrected chi connectivity index (χ4v) is 3.50. The summed E-state index contributed by atoms with van der Waals surface area (Å²) < 4.78 is 0. The van der Waals surface area contributed by atoms with E-state index in [1.807, 2.05) is 0 Å². The maximum Gasteiger partial charge on any atom is 0.0796 e. The SMILES string of the molecule is Cc1cc(C)cc(-c2ncc([Si](C)(C)C)cc2C)c1. The fourth-order valence-electron chi connectivity index (χ4n) is 2.40. The lowest BCUT2D eigenvalue weighted by molar-refractivity contribution is 1.27. The molecule has 1 heterocycles. The molecule has 100 valence electrons. The van der Waals surface area contributed by atoms with Gasteiger partial charge in [0.1, 0.15) is 0 Å². The summed E-state index contributed by atoms with van der Waals surface area (Å²) in [4.78, 5) is 4.73. The Kier molecular flexibility index (Phi) is 3.63. The zero-order valence-corrected chi connectivity index (χ0v) is 13.8. The second-order valence-corrected chi connectivity index (χ2v) is 11.6. The van der Waals surface area contributed by atoms with Crippen molar-refractivity contribution in [3.8, 4) is 11.3 Å². The summed E-state index contributed by atoms with van der Waals surface area (Å²) in [7, 11) is -1.27. The topological polar surface area (TPSA) is 12.9 Å². The van der Waals surface area contributed by atoms with Crippen LogP contribution in [0.3, 0.4) is 0 Å². The van der Waals surface area contributed by atoms with Gasteiger partial charge in [-0.2, -0.15) is 0 Å². The van der Waals surface area contributed by atoms with Crippen molar-refractivity contribution in [2.24, 2.45) is 0 Å². The van der Waals surface area contributed by atoms with Crippen molar-refractivity contribution >= 4 is 13.3 Å². The van der Waals surface area contributed by atoms with Gasteiger partial charge in [-0.05, 0) is 43.7 Å². The van der Waals surface area contributed by atoms with Crippen LogP contribution in [0.5, 0.6) is 0 Å². The van der Waals surface area contributed by atoms with E-state index in [0.717, 1.165) is 5.69 Å². The van der Waals surface area contributed by atoms with Gasteiger partial charge in [0.05, 0.1) is 13.8 Å². The van der Waals surface area contributed by atoms with Crippen molar-refractivity contribution in [1.29, 1.82) is 0 Å². The maximum atomic E-state index is 4.73. The molecule has 2 heteroatoms. The number of hydrogen-bond donors (Lipinski definition) is 0. The molecule has 0 spiro atoms. The van der Waals surface area contributed by atoms with Gasteiger partial charge in [-0.3, -0.25) is 4.98 Å². The average Bonchev–Trinajstić information content (AvgIpc) is 2.26. The molecule has 0 saturated carbocycles. The molecule has 0 aliphatic heterocycles. The Morgan fingerprint density at radius 2 is 1.42 bits per heavy atom. The molecule has 0 N–H and O–H groups in total. The van der Waals surface area contributed by atoms with Gasteiger partial charge in [-0.1, -0.05) is 42.9 Å². The average molecular weight is 269 g/mol. The second-order valence-electron chi connectivity index (χ2n) is 6.52. The number of aryl methyl sites for hydroxylation is 3. The Balaban J connectivity index is 2.52. The normalized spacial score (nSPS) is 11.7. The predicted octanol–water partition coefficient (Wildman–Crippen LogP) is 4.22. The summed E-state index contributed by atoms with van der Waals surface area (Å²) in [6.07, 6.45) is 2.08. The van der Waals surface area contributed by atoms with Crippen molar-refractivity contribution in [1.82, 2.24) is 4.98 Å². The van der Waals surface area contributed by atoms with E-state index in [4.69, 9.17) is 4.98 Å². The Bertz CT molecular complexity index is 589. The van der Waals surface area contributed by atoms with Gasteiger partial charge in [0.25, 0.3) is 0 Å². The minimum Gasteiger partial charge on any atom is -0.256 e. The van der Waals surface area contributed by atoms with Crippen LogP contribution in [-0.2, 0) is 0 Å². The van der Waals surface area contributed by atoms with Crippen LogP contribution in [0.4, 0.5) is 0 Å². The number of hydrogen-bond acceptors (Lipinski definition) is 1. The third-order valence-corrected chi connectivity index (χ3v) is 5.44. The highest BCUT2D eigenvalue weighted by atomic mass is 28.3. The molecule has 0 radical (unpaired) electrons. The van der Waals surface area contributed by atoms with Crippen LogP contribution in [0.2, 0.25) is 19.6 Å². The summed E-state index contributed by atoms with van der Waals surface area (Å²) in [5.41, 5.74) is 6.23. The fraction of sp³-hybridized carbons (Fsp3) is 0.353. The van der Waals surface area contributed by atoms with Crippen LogP contribution >= 0.6 is 0 Å². The van der Waals surface area contributed by atoms with Gasteiger partial charge in [0, 0.05) is 11.8 Å². The molecule has 0 fully saturated rings. The Morgan fingerprint density at radius 3 is 1.89 bits per heavy atom. The van der Waals surface area contributed by atoms with Crippen LogP contribution in [0.25, 0.3) is 11.3 Å². The third-order valence-electron chi connectivity index (χ3n) is 3.44. The van der Waals surface area contributed by atoms with E-state index in [-0.39, 0.29) is 0 Å². The number of benzene rings is 1. The van der Waals surface area contributed by atoms with Gasteiger partial charge in [-0.15, -0.1) is 0 Å². The van der Waals surface area contributed by atoms with Crippen LogP contribution in [-0.4, -0.2) is 13.1 Å². The van der Waals surface area contributed by atoms with Gasteiger partial charge in [0.2, 0.25) is 0 Å². The van der Waals surface area contributed by atoms with E-state index in [1.165, 1.54) is 27.4 Å². The lowest BCUT2D eigenvalue weighted by Gasteiger charge is -2.18. The van der Waals surface area contributed by atoms with Crippen LogP contribution in [0.1, 0.15) is 16.7 Å². The van der Waals surface area contributed by atoms with Gasteiger partial charge < -0.3 is 0 Å². The molecule has 1 aromatic heterocycles. The van der Waals surface area contributed by atoms with Gasteiger partial charge in [-0.25, -0.2) is 0 Å². The molecular formula is C17H23NSi. The smallest absolute Gasteiger partial charge is 0.0796 e. The van der Waals surface area contributed by atoms with Gasteiger partial charge in [0.15, 0.2) is 0 Å². The zero-order chi connectivity index (χ0) is 14.2. The quantitative estimate of drug-likeness (QED) is 0.744. The molecule has 0 saturated heterocycles. The molecule has 19 heavy (non-hydrogen) atoms. The Morgan fingerprint density at radius 1 is 0.842 bits per heavy atom. The van der Waals surface area contributed by atoms with E-state index in [2.05, 4.69) is 70.9 Å². The molecule has 0 aliphatic carbocycles. The Labute approximate surface area is 117 Å². The maximum absolute atomic E-state index is 4.73. The minimum absolute atomic E-state index is 1.12. The summed E-state index contributed by atoms with van der Waals surface area (Å²) in [6, 6.07) is 8.97. The first-order valence-electron chi connectivity index (χ1n) is 6.83. The van der Waals surface area contributed by atoms with Crippen LogP contribution in [0, 0.1) is 20.8 Å². The van der Waals surface area contributed by atoms with Crippen molar-refractivity contribution < 1.29 is 0 Å². The molecular weight excluding hydrogens is 246 g/mol. The van der Waals surface area contributed by atoms with E-state index < -0.39 is 8.07 Å². The first kappa shape index (κ1) is 14.0. The monoisotopic (exact) mass is 269 g/mol. The molecule has 2 rings (SSSR count). The lowest BCUT2D eigenvalue weighted by Crippen LogP contribution is -2.38. The molecule has 2 aromatic rings. The van der Waals surface area contributed by atoms with Crippen LogP contribution in [0.15, 0.2) is 30.5 Å². The van der Waals surface area contributed by atoms with Crippen molar-refractivity contribution in [2.75, 3.05) is 0 Å². The molecule has 0 atom stereocenters. The number of pyridine rings is 1. The Hall–Kier alpha value is -1.41. The number of nitrogens with zero attached hydrogens (tertiary/aromatic N) is 1. The predicted molar refractivity (Wildman–Crippen MR) is 86.9 cm³/mol. The van der Waals surface area contributed by atoms with E-state index in [9.17, 15) is 0 Å². The summed E-state index contributed by atoms with van der Waals surface area (Å²) in [5, 5.41) is 1.43. The third kappa shape index (κ3) is 3.13. The van der Waals surface area contributed by atoms with E-state index in [0.29, 0.717) is 0 Å². The lowest BCUT2D eigenvalue weighted by atomic mass is 10.0. The second kappa shape index (κ2) is 4.93. The minimum atomic E-state index is -1.27.